The first-order valence-corrected chi connectivity index (χ1v) is 6.01. The van der Waals surface area contributed by atoms with Gasteiger partial charge in [-0.1, -0.05) is 5.57 Å². The van der Waals surface area contributed by atoms with Gasteiger partial charge < -0.3 is 5.11 Å². The Morgan fingerprint density at radius 2 is 2.25 bits per heavy atom. The van der Waals surface area contributed by atoms with E-state index in [1.54, 1.807) is 0 Å². The summed E-state index contributed by atoms with van der Waals surface area (Å²) in [5.74, 6) is -0.836. The van der Waals surface area contributed by atoms with Gasteiger partial charge in [-0.25, -0.2) is 4.79 Å². The second kappa shape index (κ2) is 4.97. The number of nitrogens with zero attached hydrogens (tertiary/aromatic N) is 2. The number of aliphatic carboxylic acids is 1. The molecule has 0 radical (unpaired) electrons. The van der Waals surface area contributed by atoms with Crippen molar-refractivity contribution in [1.82, 2.24) is 9.80 Å². The van der Waals surface area contributed by atoms with E-state index in [0.717, 1.165) is 31.8 Å². The lowest BCUT2D eigenvalue weighted by atomic mass is 10.1. The summed E-state index contributed by atoms with van der Waals surface area (Å²) in [5.41, 5.74) is 0.943. The van der Waals surface area contributed by atoms with Gasteiger partial charge >= 0.3 is 5.97 Å². The Morgan fingerprint density at radius 3 is 3.00 bits per heavy atom. The van der Waals surface area contributed by atoms with E-state index in [-0.39, 0.29) is 0 Å². The summed E-state index contributed by atoms with van der Waals surface area (Å²) in [7, 11) is 0. The van der Waals surface area contributed by atoms with Crippen molar-refractivity contribution in [2.45, 2.75) is 25.8 Å². The minimum atomic E-state index is -0.836. The second-order valence-electron chi connectivity index (χ2n) is 4.90. The van der Waals surface area contributed by atoms with Crippen LogP contribution in [0.3, 0.4) is 0 Å². The number of hydrogen-bond donors (Lipinski definition) is 1. The molecule has 4 nitrogen and oxygen atoms in total. The van der Waals surface area contributed by atoms with Crippen molar-refractivity contribution in [1.29, 1.82) is 0 Å². The highest BCUT2D eigenvalue weighted by atomic mass is 16.4. The Bertz CT molecular complexity index is 301. The average Bonchev–Trinajstić information content (AvgIpc) is 2.63. The van der Waals surface area contributed by atoms with Gasteiger partial charge in [-0.2, -0.15) is 0 Å². The summed E-state index contributed by atoms with van der Waals surface area (Å²) in [4.78, 5) is 15.5. The number of hydrogen-bond acceptors (Lipinski definition) is 3. The number of rotatable bonds is 3. The van der Waals surface area contributed by atoms with E-state index >= 15 is 0 Å². The molecule has 2 saturated heterocycles. The van der Waals surface area contributed by atoms with Crippen molar-refractivity contribution in [2.75, 3.05) is 32.7 Å². The molecule has 2 fully saturated rings. The van der Waals surface area contributed by atoms with E-state index in [1.807, 2.05) is 6.92 Å². The highest BCUT2D eigenvalue weighted by Gasteiger charge is 2.30. The summed E-state index contributed by atoms with van der Waals surface area (Å²) in [6.45, 7) is 7.27. The fourth-order valence-corrected chi connectivity index (χ4v) is 2.81. The van der Waals surface area contributed by atoms with Crippen LogP contribution in [0.2, 0.25) is 0 Å². The Balaban J connectivity index is 1.85. The molecule has 2 heterocycles. The Labute approximate surface area is 96.5 Å². The summed E-state index contributed by atoms with van der Waals surface area (Å²) in [5, 5.41) is 8.66. The molecule has 1 N–H and O–H groups in total. The molecular weight excluding hydrogens is 204 g/mol. The van der Waals surface area contributed by atoms with Gasteiger partial charge in [-0.05, 0) is 26.3 Å². The fourth-order valence-electron chi connectivity index (χ4n) is 2.81. The van der Waals surface area contributed by atoms with Crippen LogP contribution in [0.25, 0.3) is 0 Å². The molecule has 4 heteroatoms. The molecular formula is C12H20N2O2. The molecule has 0 amide bonds. The lowest BCUT2D eigenvalue weighted by Gasteiger charge is -2.37. The van der Waals surface area contributed by atoms with Crippen molar-refractivity contribution in [3.63, 3.8) is 0 Å². The van der Waals surface area contributed by atoms with Crippen LogP contribution in [0.5, 0.6) is 0 Å². The van der Waals surface area contributed by atoms with Crippen molar-refractivity contribution in [2.24, 2.45) is 0 Å². The highest BCUT2D eigenvalue weighted by Crippen LogP contribution is 2.21. The first-order chi connectivity index (χ1) is 7.65. The van der Waals surface area contributed by atoms with E-state index in [9.17, 15) is 4.79 Å². The van der Waals surface area contributed by atoms with Crippen LogP contribution in [0.15, 0.2) is 11.6 Å². The number of piperazine rings is 1. The van der Waals surface area contributed by atoms with Gasteiger partial charge in [0.1, 0.15) is 0 Å². The molecule has 0 aromatic carbocycles. The van der Waals surface area contributed by atoms with E-state index in [2.05, 4.69) is 9.80 Å². The second-order valence-corrected chi connectivity index (χ2v) is 4.90. The zero-order valence-electron chi connectivity index (χ0n) is 9.85. The van der Waals surface area contributed by atoms with Crippen LogP contribution >= 0.6 is 0 Å². The van der Waals surface area contributed by atoms with Gasteiger partial charge in [0.05, 0.1) is 0 Å². The molecule has 2 aliphatic rings. The quantitative estimate of drug-likeness (QED) is 0.720. The molecule has 16 heavy (non-hydrogen) atoms. The molecule has 0 saturated carbocycles. The summed E-state index contributed by atoms with van der Waals surface area (Å²) >= 11 is 0. The van der Waals surface area contributed by atoms with Crippen molar-refractivity contribution < 1.29 is 9.90 Å². The normalized spacial score (nSPS) is 28.1. The molecule has 0 aliphatic carbocycles. The molecule has 0 bridgehead atoms. The highest BCUT2D eigenvalue weighted by molar-refractivity contribution is 5.80. The summed E-state index contributed by atoms with van der Waals surface area (Å²) in [6, 6.07) is 0.714. The lowest BCUT2D eigenvalue weighted by molar-refractivity contribution is -0.131. The molecule has 2 rings (SSSR count). The third-order valence-corrected chi connectivity index (χ3v) is 3.51. The molecule has 0 spiro atoms. The van der Waals surface area contributed by atoms with Gasteiger partial charge in [0.2, 0.25) is 0 Å². The van der Waals surface area contributed by atoms with E-state index in [0.29, 0.717) is 6.04 Å². The molecule has 90 valence electrons. The average molecular weight is 224 g/mol. The molecule has 1 atom stereocenters. The summed E-state index contributed by atoms with van der Waals surface area (Å²) < 4.78 is 0. The zero-order chi connectivity index (χ0) is 11.5. The standard InChI is InChI=1S/C12H20N2O2/c1-10(7-12(15)16)8-13-5-6-14-4-2-3-11(14)9-13/h7,11H,2-6,8-9H2,1H3,(H,15,16). The smallest absolute Gasteiger partial charge is 0.328 e. The predicted molar refractivity (Wildman–Crippen MR) is 62.4 cm³/mol. The summed E-state index contributed by atoms with van der Waals surface area (Å²) in [6.07, 6.45) is 3.95. The van der Waals surface area contributed by atoms with Gasteiger partial charge in [-0.3, -0.25) is 9.80 Å². The predicted octanol–water partition coefficient (Wildman–Crippen LogP) is 0.797. The van der Waals surface area contributed by atoms with E-state index < -0.39 is 5.97 Å². The van der Waals surface area contributed by atoms with Gasteiger partial charge in [0.25, 0.3) is 0 Å². The lowest BCUT2D eigenvalue weighted by Crippen LogP contribution is -2.50. The topological polar surface area (TPSA) is 43.8 Å². The van der Waals surface area contributed by atoms with E-state index in [4.69, 9.17) is 5.11 Å². The Kier molecular flexibility index (Phi) is 3.61. The maximum Gasteiger partial charge on any atom is 0.328 e. The minimum Gasteiger partial charge on any atom is -0.478 e. The third-order valence-electron chi connectivity index (χ3n) is 3.51. The van der Waals surface area contributed by atoms with E-state index in [1.165, 1.54) is 25.5 Å². The van der Waals surface area contributed by atoms with Crippen LogP contribution in [0.4, 0.5) is 0 Å². The number of carbonyl (C=O) groups is 1. The van der Waals surface area contributed by atoms with Crippen molar-refractivity contribution in [3.8, 4) is 0 Å². The monoisotopic (exact) mass is 224 g/mol. The van der Waals surface area contributed by atoms with Crippen LogP contribution in [-0.4, -0.2) is 59.6 Å². The zero-order valence-corrected chi connectivity index (χ0v) is 9.85. The van der Waals surface area contributed by atoms with Crippen LogP contribution in [0, 0.1) is 0 Å². The SMILES string of the molecule is CC(=CC(=O)O)CN1CCN2CCCC2C1. The van der Waals surface area contributed by atoms with Crippen LogP contribution in [-0.2, 0) is 4.79 Å². The Hall–Kier alpha value is -0.870. The van der Waals surface area contributed by atoms with Gasteiger partial charge in [0, 0.05) is 38.3 Å². The van der Waals surface area contributed by atoms with Crippen LogP contribution in [0.1, 0.15) is 19.8 Å². The number of carboxylic acid groups (broad SMARTS) is 1. The minimum absolute atomic E-state index is 0.714. The van der Waals surface area contributed by atoms with Gasteiger partial charge in [0.15, 0.2) is 0 Å². The van der Waals surface area contributed by atoms with Crippen LogP contribution < -0.4 is 0 Å². The third kappa shape index (κ3) is 2.83. The fraction of sp³-hybridized carbons (Fsp3) is 0.750. The van der Waals surface area contributed by atoms with Crippen molar-refractivity contribution >= 4 is 5.97 Å². The molecule has 1 unspecified atom stereocenters. The number of fused-ring (bicyclic) bond motifs is 1. The maximum atomic E-state index is 10.5. The van der Waals surface area contributed by atoms with Crippen molar-refractivity contribution in [3.05, 3.63) is 11.6 Å². The molecule has 0 aromatic heterocycles. The maximum absolute atomic E-state index is 10.5. The van der Waals surface area contributed by atoms with Gasteiger partial charge in [-0.15, -0.1) is 0 Å². The first kappa shape index (κ1) is 11.6. The molecule has 2 aliphatic heterocycles. The first-order valence-electron chi connectivity index (χ1n) is 6.01. The Morgan fingerprint density at radius 1 is 1.44 bits per heavy atom. The molecule has 0 aromatic rings. The number of carboxylic acids is 1. The largest absolute Gasteiger partial charge is 0.478 e.